The Balaban J connectivity index is 2.89. The number of phenolic OH excluding ortho intramolecular Hbond substituents is 2. The molecule has 1 aromatic carbocycles. The van der Waals surface area contributed by atoms with E-state index < -0.39 is 29.4 Å². The van der Waals surface area contributed by atoms with Crippen LogP contribution in [0.1, 0.15) is 17.3 Å². The molecular formula is C10H11NO5. The van der Waals surface area contributed by atoms with Crippen molar-refractivity contribution in [3.05, 3.63) is 23.8 Å². The quantitative estimate of drug-likeness (QED) is 0.553. The first-order chi connectivity index (χ1) is 7.43. The molecule has 4 N–H and O–H groups in total. The molecule has 1 rings (SSSR count). The van der Waals surface area contributed by atoms with Crippen molar-refractivity contribution < 1.29 is 24.9 Å². The predicted octanol–water partition coefficient (Wildman–Crippen LogP) is 0.301. The molecule has 0 heterocycles. The molecule has 16 heavy (non-hydrogen) atoms. The van der Waals surface area contributed by atoms with Gasteiger partial charge in [-0.25, -0.2) is 0 Å². The molecule has 0 aliphatic heterocycles. The zero-order chi connectivity index (χ0) is 12.3. The fourth-order valence-corrected chi connectivity index (χ4v) is 1.05. The van der Waals surface area contributed by atoms with E-state index in [4.69, 9.17) is 10.2 Å². The third-order valence-electron chi connectivity index (χ3n) is 1.98. The molecule has 1 unspecified atom stereocenters. The van der Waals surface area contributed by atoms with E-state index in [0.717, 1.165) is 0 Å². The number of carboxylic acids is 1. The number of phenols is 2. The second-order valence-corrected chi connectivity index (χ2v) is 3.21. The summed E-state index contributed by atoms with van der Waals surface area (Å²) in [5.41, 5.74) is -0.173. The van der Waals surface area contributed by atoms with Gasteiger partial charge in [0.1, 0.15) is 6.04 Å². The standard InChI is InChI=1S/C10H11NO5/c1-5(10(15)16)11-9(14)6-3-2-4-7(12)8(6)13/h2-5,12-13H,1H3,(H,11,14)(H,15,16). The average molecular weight is 225 g/mol. The lowest BCUT2D eigenvalue weighted by atomic mass is 10.1. The van der Waals surface area contributed by atoms with Gasteiger partial charge in [-0.2, -0.15) is 0 Å². The number of aliphatic carboxylic acids is 1. The Labute approximate surface area is 91.1 Å². The fourth-order valence-electron chi connectivity index (χ4n) is 1.05. The molecule has 0 aliphatic rings. The highest BCUT2D eigenvalue weighted by Gasteiger charge is 2.18. The van der Waals surface area contributed by atoms with Gasteiger partial charge in [-0.1, -0.05) is 6.07 Å². The van der Waals surface area contributed by atoms with Crippen molar-refractivity contribution in [2.75, 3.05) is 0 Å². The summed E-state index contributed by atoms with van der Waals surface area (Å²) in [5, 5.41) is 29.2. The van der Waals surface area contributed by atoms with Crippen LogP contribution in [0.15, 0.2) is 18.2 Å². The van der Waals surface area contributed by atoms with Crippen LogP contribution >= 0.6 is 0 Å². The van der Waals surface area contributed by atoms with E-state index in [-0.39, 0.29) is 5.56 Å². The largest absolute Gasteiger partial charge is 0.504 e. The fraction of sp³-hybridized carbons (Fsp3) is 0.200. The number of nitrogens with one attached hydrogen (secondary N) is 1. The van der Waals surface area contributed by atoms with Gasteiger partial charge in [0.25, 0.3) is 5.91 Å². The zero-order valence-corrected chi connectivity index (χ0v) is 8.47. The summed E-state index contributed by atoms with van der Waals surface area (Å²) in [6, 6.07) is 2.79. The number of rotatable bonds is 3. The monoisotopic (exact) mass is 225 g/mol. The van der Waals surface area contributed by atoms with Crippen molar-refractivity contribution in [3.63, 3.8) is 0 Å². The summed E-state index contributed by atoms with van der Waals surface area (Å²) in [6.07, 6.45) is 0. The summed E-state index contributed by atoms with van der Waals surface area (Å²) < 4.78 is 0. The molecule has 0 fully saturated rings. The number of aromatic hydroxyl groups is 2. The first-order valence-corrected chi connectivity index (χ1v) is 4.48. The van der Waals surface area contributed by atoms with Crippen LogP contribution in [-0.2, 0) is 4.79 Å². The molecule has 1 atom stereocenters. The lowest BCUT2D eigenvalue weighted by Gasteiger charge is -2.10. The second kappa shape index (κ2) is 4.52. The van der Waals surface area contributed by atoms with E-state index in [1.54, 1.807) is 0 Å². The van der Waals surface area contributed by atoms with Gasteiger partial charge in [0, 0.05) is 0 Å². The third-order valence-corrected chi connectivity index (χ3v) is 1.98. The van der Waals surface area contributed by atoms with Crippen molar-refractivity contribution in [2.24, 2.45) is 0 Å². The highest BCUT2D eigenvalue weighted by molar-refractivity contribution is 5.99. The molecule has 0 saturated carbocycles. The highest BCUT2D eigenvalue weighted by atomic mass is 16.4. The molecular weight excluding hydrogens is 214 g/mol. The van der Waals surface area contributed by atoms with Gasteiger partial charge in [-0.05, 0) is 19.1 Å². The van der Waals surface area contributed by atoms with Crippen molar-refractivity contribution in [1.29, 1.82) is 0 Å². The molecule has 0 bridgehead atoms. The number of para-hydroxylation sites is 1. The first-order valence-electron chi connectivity index (χ1n) is 4.48. The smallest absolute Gasteiger partial charge is 0.325 e. The summed E-state index contributed by atoms with van der Waals surface area (Å²) >= 11 is 0. The molecule has 1 aromatic rings. The van der Waals surface area contributed by atoms with Crippen molar-refractivity contribution in [2.45, 2.75) is 13.0 Å². The maximum Gasteiger partial charge on any atom is 0.325 e. The van der Waals surface area contributed by atoms with E-state index >= 15 is 0 Å². The molecule has 1 amide bonds. The Kier molecular flexibility index (Phi) is 3.34. The Morgan fingerprint density at radius 3 is 2.50 bits per heavy atom. The maximum absolute atomic E-state index is 11.5. The summed E-state index contributed by atoms with van der Waals surface area (Å²) in [7, 11) is 0. The summed E-state index contributed by atoms with van der Waals surface area (Å²) in [5.74, 6) is -2.95. The Morgan fingerprint density at radius 2 is 1.94 bits per heavy atom. The number of carbonyl (C=O) groups is 2. The van der Waals surface area contributed by atoms with Gasteiger partial charge in [0.2, 0.25) is 0 Å². The van der Waals surface area contributed by atoms with Crippen LogP contribution in [0.3, 0.4) is 0 Å². The number of benzene rings is 1. The number of hydrogen-bond acceptors (Lipinski definition) is 4. The molecule has 0 aromatic heterocycles. The lowest BCUT2D eigenvalue weighted by Crippen LogP contribution is -2.38. The van der Waals surface area contributed by atoms with Gasteiger partial charge in [0.05, 0.1) is 5.56 Å². The molecule has 6 heteroatoms. The van der Waals surface area contributed by atoms with Gasteiger partial charge in [-0.3, -0.25) is 9.59 Å². The normalized spacial score (nSPS) is 11.8. The Bertz CT molecular complexity index is 429. The molecule has 0 aliphatic carbocycles. The van der Waals surface area contributed by atoms with Crippen LogP contribution in [-0.4, -0.2) is 33.2 Å². The molecule has 86 valence electrons. The molecule has 0 spiro atoms. The van der Waals surface area contributed by atoms with Crippen molar-refractivity contribution in [1.82, 2.24) is 5.32 Å². The van der Waals surface area contributed by atoms with Gasteiger partial charge >= 0.3 is 5.97 Å². The molecule has 0 saturated heterocycles. The van der Waals surface area contributed by atoms with Crippen LogP contribution in [0.25, 0.3) is 0 Å². The van der Waals surface area contributed by atoms with Crippen molar-refractivity contribution in [3.8, 4) is 11.5 Å². The van der Waals surface area contributed by atoms with E-state index in [2.05, 4.69) is 5.32 Å². The third kappa shape index (κ3) is 2.41. The van der Waals surface area contributed by atoms with E-state index in [0.29, 0.717) is 0 Å². The van der Waals surface area contributed by atoms with Crippen LogP contribution < -0.4 is 5.32 Å². The SMILES string of the molecule is CC(NC(=O)c1cccc(O)c1O)C(=O)O. The number of carboxylic acid groups (broad SMARTS) is 1. The zero-order valence-electron chi connectivity index (χ0n) is 8.47. The van der Waals surface area contributed by atoms with Crippen molar-refractivity contribution >= 4 is 11.9 Å². The van der Waals surface area contributed by atoms with Crippen LogP contribution in [0.5, 0.6) is 11.5 Å². The van der Waals surface area contributed by atoms with E-state index in [9.17, 15) is 14.7 Å². The number of carbonyl (C=O) groups excluding carboxylic acids is 1. The topological polar surface area (TPSA) is 107 Å². The second-order valence-electron chi connectivity index (χ2n) is 3.21. The van der Waals surface area contributed by atoms with Gasteiger partial charge in [-0.15, -0.1) is 0 Å². The first kappa shape index (κ1) is 11.8. The van der Waals surface area contributed by atoms with Crippen LogP contribution in [0.2, 0.25) is 0 Å². The minimum atomic E-state index is -1.19. The van der Waals surface area contributed by atoms with Crippen LogP contribution in [0.4, 0.5) is 0 Å². The maximum atomic E-state index is 11.5. The Morgan fingerprint density at radius 1 is 1.31 bits per heavy atom. The minimum absolute atomic E-state index is 0.173. The average Bonchev–Trinajstić information content (AvgIpc) is 2.21. The van der Waals surface area contributed by atoms with Gasteiger partial charge in [0.15, 0.2) is 11.5 Å². The summed E-state index contributed by atoms with van der Waals surface area (Å²) in [4.78, 5) is 22.0. The summed E-state index contributed by atoms with van der Waals surface area (Å²) in [6.45, 7) is 1.29. The van der Waals surface area contributed by atoms with E-state index in [1.165, 1.54) is 25.1 Å². The lowest BCUT2D eigenvalue weighted by molar-refractivity contribution is -0.138. The minimum Gasteiger partial charge on any atom is -0.504 e. The number of hydrogen-bond donors (Lipinski definition) is 4. The highest BCUT2D eigenvalue weighted by Crippen LogP contribution is 2.27. The van der Waals surface area contributed by atoms with E-state index in [1.807, 2.05) is 0 Å². The molecule has 0 radical (unpaired) electrons. The predicted molar refractivity (Wildman–Crippen MR) is 54.3 cm³/mol. The van der Waals surface area contributed by atoms with Crippen LogP contribution in [0, 0.1) is 0 Å². The van der Waals surface area contributed by atoms with Gasteiger partial charge < -0.3 is 20.6 Å². The number of amides is 1. The molecule has 6 nitrogen and oxygen atoms in total. The Hall–Kier alpha value is -2.24.